The van der Waals surface area contributed by atoms with Crippen molar-refractivity contribution in [2.24, 2.45) is 11.8 Å². The summed E-state index contributed by atoms with van der Waals surface area (Å²) in [4.78, 5) is 28.4. The summed E-state index contributed by atoms with van der Waals surface area (Å²) in [5.74, 6) is -2.48. The fourth-order valence-electron chi connectivity index (χ4n) is 6.23. The van der Waals surface area contributed by atoms with E-state index in [9.17, 15) is 22.8 Å². The minimum atomic E-state index is -4.56. The van der Waals surface area contributed by atoms with E-state index in [1.165, 1.54) is 12.1 Å². The maximum Gasteiger partial charge on any atom is 0.416 e. The largest absolute Gasteiger partial charge is 0.416 e. The van der Waals surface area contributed by atoms with Crippen molar-refractivity contribution in [1.82, 2.24) is 0 Å². The van der Waals surface area contributed by atoms with E-state index in [2.05, 4.69) is 0 Å². The second-order valence-corrected chi connectivity index (χ2v) is 8.92. The summed E-state index contributed by atoms with van der Waals surface area (Å²) < 4.78 is 39.9. The molecule has 2 bridgehead atoms. The monoisotopic (exact) mass is 433 g/mol. The first-order valence-corrected chi connectivity index (χ1v) is 10.5. The summed E-state index contributed by atoms with van der Waals surface area (Å²) in [5.41, 5.74) is 2.40. The van der Waals surface area contributed by atoms with Crippen molar-refractivity contribution >= 4 is 17.5 Å². The van der Waals surface area contributed by atoms with E-state index in [-0.39, 0.29) is 11.6 Å². The number of halogens is 3. The van der Waals surface area contributed by atoms with Crippen molar-refractivity contribution < 1.29 is 22.8 Å². The van der Waals surface area contributed by atoms with E-state index < -0.39 is 40.8 Å². The number of nitrogens with zero attached hydrogens (tertiary/aromatic N) is 1. The summed E-state index contributed by atoms with van der Waals surface area (Å²) in [6, 6.07) is 20.1. The van der Waals surface area contributed by atoms with Gasteiger partial charge in [0.2, 0.25) is 11.8 Å². The second-order valence-electron chi connectivity index (χ2n) is 8.92. The van der Waals surface area contributed by atoms with Gasteiger partial charge in [-0.05, 0) is 40.5 Å². The molecule has 7 rings (SSSR count). The van der Waals surface area contributed by atoms with Crippen molar-refractivity contribution in [3.8, 4) is 0 Å². The van der Waals surface area contributed by atoms with Gasteiger partial charge in [-0.15, -0.1) is 0 Å². The van der Waals surface area contributed by atoms with Gasteiger partial charge in [-0.2, -0.15) is 13.2 Å². The Bertz CT molecular complexity index is 1260. The molecule has 160 valence electrons. The highest BCUT2D eigenvalue weighted by molar-refractivity contribution is 6.23. The van der Waals surface area contributed by atoms with Crippen molar-refractivity contribution in [3.63, 3.8) is 0 Å². The zero-order valence-corrected chi connectivity index (χ0v) is 17.1. The van der Waals surface area contributed by atoms with Crippen LogP contribution >= 0.6 is 0 Å². The van der Waals surface area contributed by atoms with Gasteiger partial charge in [0.05, 0.1) is 23.1 Å². The van der Waals surface area contributed by atoms with Crippen LogP contribution in [0.4, 0.5) is 18.9 Å². The Labute approximate surface area is 182 Å². The first-order valence-electron chi connectivity index (χ1n) is 10.5. The highest BCUT2D eigenvalue weighted by atomic mass is 19.4. The molecule has 3 aromatic rings. The molecule has 0 unspecified atom stereocenters. The molecule has 32 heavy (non-hydrogen) atoms. The maximum absolute atomic E-state index is 13.8. The minimum Gasteiger partial charge on any atom is -0.274 e. The molecule has 0 spiro atoms. The lowest BCUT2D eigenvalue weighted by Crippen LogP contribution is -2.51. The normalized spacial score (nSPS) is 27.9. The second kappa shape index (κ2) is 6.09. The maximum atomic E-state index is 13.8. The van der Waals surface area contributed by atoms with E-state index in [1.807, 2.05) is 55.5 Å². The number of imide groups is 1. The van der Waals surface area contributed by atoms with Crippen molar-refractivity contribution in [3.05, 3.63) is 101 Å². The van der Waals surface area contributed by atoms with Crippen LogP contribution in [0.1, 0.15) is 40.7 Å². The number of benzene rings is 3. The van der Waals surface area contributed by atoms with Crippen LogP contribution < -0.4 is 4.90 Å². The topological polar surface area (TPSA) is 37.4 Å². The molecule has 6 heteroatoms. The summed E-state index contributed by atoms with van der Waals surface area (Å²) in [6.45, 7) is 1.98. The average Bonchev–Trinajstić information content (AvgIpc) is 3.05. The average molecular weight is 433 g/mol. The highest BCUT2D eigenvalue weighted by Gasteiger charge is 2.66. The zero-order valence-electron chi connectivity index (χ0n) is 17.1. The minimum absolute atomic E-state index is 0.0275. The van der Waals surface area contributed by atoms with Gasteiger partial charge < -0.3 is 0 Å². The summed E-state index contributed by atoms with van der Waals surface area (Å²) in [5, 5.41) is 0. The third-order valence-corrected chi connectivity index (χ3v) is 7.47. The van der Waals surface area contributed by atoms with Gasteiger partial charge in [0.15, 0.2) is 0 Å². The summed E-state index contributed by atoms with van der Waals surface area (Å²) in [7, 11) is 0. The smallest absolute Gasteiger partial charge is 0.274 e. The first kappa shape index (κ1) is 19.3. The number of carbonyl (C=O) groups excluding carboxylic acids is 2. The highest BCUT2D eigenvalue weighted by Crippen LogP contribution is 2.64. The van der Waals surface area contributed by atoms with Crippen LogP contribution in [0.15, 0.2) is 72.8 Å². The molecular formula is C26H18F3NO2. The van der Waals surface area contributed by atoms with Crippen LogP contribution in [-0.2, 0) is 21.2 Å². The van der Waals surface area contributed by atoms with Crippen LogP contribution in [0.2, 0.25) is 0 Å². The van der Waals surface area contributed by atoms with E-state index >= 15 is 0 Å². The number of carbonyl (C=O) groups is 2. The lowest BCUT2D eigenvalue weighted by atomic mass is 9.48. The molecule has 3 aliphatic carbocycles. The Morgan fingerprint density at radius 2 is 1.41 bits per heavy atom. The molecule has 0 aromatic heterocycles. The lowest BCUT2D eigenvalue weighted by Gasteiger charge is -2.52. The number of hydrogen-bond acceptors (Lipinski definition) is 2. The molecule has 1 aliphatic heterocycles. The van der Waals surface area contributed by atoms with Gasteiger partial charge in [-0.1, -0.05) is 61.5 Å². The zero-order chi connectivity index (χ0) is 22.4. The Hall–Kier alpha value is -3.41. The Morgan fingerprint density at radius 1 is 0.812 bits per heavy atom. The molecule has 0 N–H and O–H groups in total. The van der Waals surface area contributed by atoms with Crippen LogP contribution in [0.25, 0.3) is 0 Å². The molecule has 2 amide bonds. The molecule has 1 heterocycles. The Morgan fingerprint density at radius 3 is 2.00 bits per heavy atom. The molecule has 3 nitrogen and oxygen atoms in total. The van der Waals surface area contributed by atoms with Crippen LogP contribution in [0.3, 0.4) is 0 Å². The van der Waals surface area contributed by atoms with Gasteiger partial charge in [-0.3, -0.25) is 9.59 Å². The molecule has 1 saturated heterocycles. The molecule has 0 saturated carbocycles. The van der Waals surface area contributed by atoms with Crippen LogP contribution in [0, 0.1) is 11.8 Å². The number of amides is 2. The number of alkyl halides is 3. The quantitative estimate of drug-likeness (QED) is 0.490. The SMILES string of the molecule is CC12c3ccccc3C(c3ccccc31)[C@H]1C(=O)N(c3cccc(C(F)(F)F)c3)C(=O)[C@H]12. The van der Waals surface area contributed by atoms with Crippen molar-refractivity contribution in [2.75, 3.05) is 4.90 Å². The van der Waals surface area contributed by atoms with E-state index in [0.29, 0.717) is 0 Å². The number of hydrogen-bond donors (Lipinski definition) is 0. The molecule has 2 atom stereocenters. The Balaban J connectivity index is 1.56. The Kier molecular flexibility index (Phi) is 3.67. The van der Waals surface area contributed by atoms with Gasteiger partial charge in [0, 0.05) is 11.3 Å². The van der Waals surface area contributed by atoms with Gasteiger partial charge >= 0.3 is 6.18 Å². The van der Waals surface area contributed by atoms with E-state index in [0.717, 1.165) is 39.3 Å². The number of rotatable bonds is 1. The molecule has 4 aliphatic rings. The third kappa shape index (κ3) is 2.22. The van der Waals surface area contributed by atoms with Gasteiger partial charge in [0.1, 0.15) is 0 Å². The summed E-state index contributed by atoms with van der Waals surface area (Å²) in [6.07, 6.45) is -4.56. The fourth-order valence-corrected chi connectivity index (χ4v) is 6.23. The van der Waals surface area contributed by atoms with Crippen LogP contribution in [0.5, 0.6) is 0 Å². The molecule has 3 aromatic carbocycles. The fraction of sp³-hybridized carbons (Fsp3) is 0.231. The third-order valence-electron chi connectivity index (χ3n) is 7.47. The molecular weight excluding hydrogens is 415 g/mol. The van der Waals surface area contributed by atoms with Crippen molar-refractivity contribution in [2.45, 2.75) is 24.4 Å². The van der Waals surface area contributed by atoms with Gasteiger partial charge in [-0.25, -0.2) is 4.90 Å². The van der Waals surface area contributed by atoms with E-state index in [1.54, 1.807) is 0 Å². The molecule has 0 radical (unpaired) electrons. The molecule has 1 fully saturated rings. The predicted molar refractivity (Wildman–Crippen MR) is 112 cm³/mol. The van der Waals surface area contributed by atoms with Crippen molar-refractivity contribution in [1.29, 1.82) is 0 Å². The summed E-state index contributed by atoms with van der Waals surface area (Å²) >= 11 is 0. The van der Waals surface area contributed by atoms with Crippen LogP contribution in [-0.4, -0.2) is 11.8 Å². The van der Waals surface area contributed by atoms with Gasteiger partial charge in [0.25, 0.3) is 0 Å². The predicted octanol–water partition coefficient (Wildman–Crippen LogP) is 5.28. The first-order chi connectivity index (χ1) is 15.2. The lowest BCUT2D eigenvalue weighted by molar-refractivity contribution is -0.137. The standard InChI is InChI=1S/C26H18F3NO2/c1-25-18-11-4-2-9-16(18)20(17-10-3-5-12-19(17)25)21-22(25)24(32)30(23(21)31)15-8-6-7-14(13-15)26(27,28)29/h2-13,20-22H,1H3/t20?,21-,22+,25?/m1/s1. The number of anilines is 1. The van der Waals surface area contributed by atoms with E-state index in [4.69, 9.17) is 0 Å².